The maximum Gasteiger partial charge on any atom is 0.217 e. The summed E-state index contributed by atoms with van der Waals surface area (Å²) in [5, 5.41) is 103. The molecule has 3 fully saturated rings. The highest BCUT2D eigenvalue weighted by Gasteiger charge is 2.53. The molecule has 1 amide bonds. The van der Waals surface area contributed by atoms with E-state index in [4.69, 9.17) is 23.7 Å². The second kappa shape index (κ2) is 12.8. The third-order valence-electron chi connectivity index (χ3n) is 6.50. The Balaban J connectivity index is 1.80. The lowest BCUT2D eigenvalue weighted by Crippen LogP contribution is -2.68. The van der Waals surface area contributed by atoms with E-state index in [2.05, 4.69) is 5.32 Å². The Hall–Kier alpha value is -1.13. The SMILES string of the molecule is CC(=O)N[C@@H]1[C@@H](O)[C@H](O[C@H]2O[C@H](CO)[C@@H](O)[C@H](O[C@H]3O[C@H](CO)[C@@H](O)[C@H](O)[C@@H]3O)[C@@H]2O)[C@@H](CO)O[C@H]1O. The number of amides is 1. The highest BCUT2D eigenvalue weighted by Crippen LogP contribution is 2.32. The van der Waals surface area contributed by atoms with Gasteiger partial charge in [0.25, 0.3) is 0 Å². The Morgan fingerprint density at radius 3 is 1.70 bits per heavy atom. The minimum absolute atomic E-state index is 0.627. The zero-order valence-corrected chi connectivity index (χ0v) is 19.7. The van der Waals surface area contributed by atoms with Crippen molar-refractivity contribution in [2.24, 2.45) is 0 Å². The molecule has 0 bridgehead atoms. The molecular weight excluding hydrogens is 510 g/mol. The van der Waals surface area contributed by atoms with Gasteiger partial charge in [-0.25, -0.2) is 0 Å². The molecule has 216 valence electrons. The van der Waals surface area contributed by atoms with Crippen LogP contribution in [-0.2, 0) is 28.5 Å². The first-order valence-electron chi connectivity index (χ1n) is 11.6. The van der Waals surface area contributed by atoms with Crippen LogP contribution in [-0.4, -0.2) is 169 Å². The van der Waals surface area contributed by atoms with Crippen molar-refractivity contribution in [3.63, 3.8) is 0 Å². The Kier molecular flexibility index (Phi) is 10.5. The van der Waals surface area contributed by atoms with E-state index >= 15 is 0 Å². The second-order valence-corrected chi connectivity index (χ2v) is 9.07. The molecule has 17 heteroatoms. The van der Waals surface area contributed by atoms with Gasteiger partial charge >= 0.3 is 0 Å². The van der Waals surface area contributed by atoms with E-state index in [1.807, 2.05) is 0 Å². The van der Waals surface area contributed by atoms with Crippen molar-refractivity contribution >= 4 is 5.91 Å². The summed E-state index contributed by atoms with van der Waals surface area (Å²) in [6, 6.07) is -1.40. The lowest BCUT2D eigenvalue weighted by molar-refractivity contribution is -0.375. The van der Waals surface area contributed by atoms with Gasteiger partial charge in [0.2, 0.25) is 5.91 Å². The minimum atomic E-state index is -1.91. The molecule has 0 spiro atoms. The average Bonchev–Trinajstić information content (AvgIpc) is 2.86. The van der Waals surface area contributed by atoms with Crippen LogP contribution in [0.1, 0.15) is 6.92 Å². The molecule has 0 radical (unpaired) electrons. The van der Waals surface area contributed by atoms with Gasteiger partial charge in [-0.05, 0) is 0 Å². The standard InChI is InChI=1S/C20H35NO16/c1-5(25)21-9-12(28)16(8(4-24)33-18(9)32)36-20-15(31)17(11(27)7(3-23)35-20)37-19-14(30)13(29)10(26)6(2-22)34-19/h6-20,22-24,26-32H,2-4H2,1H3,(H,21,25)/t6-,7-,8-,9-,10-,11-,12-,13+,14+,15+,16-,17+,18-,19-,20-/m1/s1. The summed E-state index contributed by atoms with van der Waals surface area (Å²) in [5.74, 6) is -0.627. The van der Waals surface area contributed by atoms with E-state index in [-0.39, 0.29) is 0 Å². The van der Waals surface area contributed by atoms with E-state index in [1.54, 1.807) is 0 Å². The monoisotopic (exact) mass is 545 g/mol. The van der Waals surface area contributed by atoms with Gasteiger partial charge in [0, 0.05) is 6.92 Å². The molecule has 0 saturated carbocycles. The van der Waals surface area contributed by atoms with E-state index in [0.717, 1.165) is 6.92 Å². The number of ether oxygens (including phenoxy) is 5. The van der Waals surface area contributed by atoms with Crippen LogP contribution in [0.3, 0.4) is 0 Å². The summed E-state index contributed by atoms with van der Waals surface area (Å²) in [5.41, 5.74) is 0. The van der Waals surface area contributed by atoms with Gasteiger partial charge in [-0.1, -0.05) is 0 Å². The van der Waals surface area contributed by atoms with Crippen LogP contribution in [0.25, 0.3) is 0 Å². The molecule has 3 aliphatic heterocycles. The fraction of sp³-hybridized carbons (Fsp3) is 0.950. The van der Waals surface area contributed by atoms with Crippen molar-refractivity contribution in [1.29, 1.82) is 0 Å². The summed E-state index contributed by atoms with van der Waals surface area (Å²) >= 11 is 0. The van der Waals surface area contributed by atoms with Crippen molar-refractivity contribution in [3.8, 4) is 0 Å². The lowest BCUT2D eigenvalue weighted by Gasteiger charge is -2.48. The van der Waals surface area contributed by atoms with Crippen molar-refractivity contribution in [3.05, 3.63) is 0 Å². The Morgan fingerprint density at radius 1 is 0.649 bits per heavy atom. The van der Waals surface area contributed by atoms with Crippen LogP contribution in [0.5, 0.6) is 0 Å². The molecule has 3 rings (SSSR count). The van der Waals surface area contributed by atoms with Crippen LogP contribution < -0.4 is 5.32 Å². The molecule has 0 aromatic rings. The maximum absolute atomic E-state index is 11.5. The second-order valence-electron chi connectivity index (χ2n) is 9.07. The number of aliphatic hydroxyl groups excluding tert-OH is 10. The zero-order chi connectivity index (χ0) is 27.6. The van der Waals surface area contributed by atoms with Crippen molar-refractivity contribution in [2.45, 2.75) is 99.0 Å². The van der Waals surface area contributed by atoms with Gasteiger partial charge in [0.15, 0.2) is 18.9 Å². The number of nitrogens with one attached hydrogen (secondary N) is 1. The summed E-state index contributed by atoms with van der Waals surface area (Å²) in [7, 11) is 0. The molecule has 0 unspecified atom stereocenters. The van der Waals surface area contributed by atoms with Crippen molar-refractivity contribution in [1.82, 2.24) is 5.32 Å². The van der Waals surface area contributed by atoms with Crippen LogP contribution in [0.2, 0.25) is 0 Å². The molecular formula is C20H35NO16. The third-order valence-corrected chi connectivity index (χ3v) is 6.50. The maximum atomic E-state index is 11.5. The predicted octanol–water partition coefficient (Wildman–Crippen LogP) is -7.43. The molecule has 3 heterocycles. The minimum Gasteiger partial charge on any atom is -0.394 e. The quantitative estimate of drug-likeness (QED) is 0.135. The molecule has 11 N–H and O–H groups in total. The van der Waals surface area contributed by atoms with Crippen LogP contribution in [0.15, 0.2) is 0 Å². The van der Waals surface area contributed by atoms with Gasteiger partial charge in [0.05, 0.1) is 19.8 Å². The normalized spacial score (nSPS) is 49.0. The lowest BCUT2D eigenvalue weighted by atomic mass is 9.95. The van der Waals surface area contributed by atoms with Gasteiger partial charge in [-0.15, -0.1) is 0 Å². The van der Waals surface area contributed by atoms with Gasteiger partial charge < -0.3 is 80.1 Å². The first-order chi connectivity index (χ1) is 17.4. The van der Waals surface area contributed by atoms with E-state index in [1.165, 1.54) is 0 Å². The number of hydrogen-bond acceptors (Lipinski definition) is 16. The largest absolute Gasteiger partial charge is 0.394 e. The first-order valence-corrected chi connectivity index (χ1v) is 11.6. The van der Waals surface area contributed by atoms with Crippen LogP contribution in [0, 0.1) is 0 Å². The number of carbonyl (C=O) groups excluding carboxylic acids is 1. The Labute approximate surface area is 210 Å². The summed E-state index contributed by atoms with van der Waals surface area (Å²) in [6.07, 6.45) is -23.4. The van der Waals surface area contributed by atoms with Gasteiger partial charge in [-0.3, -0.25) is 4.79 Å². The van der Waals surface area contributed by atoms with Crippen molar-refractivity contribution in [2.75, 3.05) is 19.8 Å². The fourth-order valence-corrected chi connectivity index (χ4v) is 4.46. The highest BCUT2D eigenvalue weighted by atomic mass is 16.7. The molecule has 3 saturated heterocycles. The Morgan fingerprint density at radius 2 is 1.16 bits per heavy atom. The number of carbonyl (C=O) groups is 1. The van der Waals surface area contributed by atoms with E-state index < -0.39 is 118 Å². The molecule has 0 aliphatic carbocycles. The number of rotatable bonds is 8. The van der Waals surface area contributed by atoms with E-state index in [9.17, 15) is 55.9 Å². The number of aliphatic hydroxyl groups is 10. The summed E-state index contributed by atoms with van der Waals surface area (Å²) in [4.78, 5) is 11.5. The van der Waals surface area contributed by atoms with Crippen LogP contribution in [0.4, 0.5) is 0 Å². The molecule has 0 aromatic heterocycles. The number of hydrogen-bond donors (Lipinski definition) is 11. The third kappa shape index (κ3) is 6.38. The topological polar surface area (TPSA) is 278 Å². The van der Waals surface area contributed by atoms with Crippen molar-refractivity contribution < 1.29 is 79.5 Å². The highest BCUT2D eigenvalue weighted by molar-refractivity contribution is 5.73. The molecule has 17 nitrogen and oxygen atoms in total. The van der Waals surface area contributed by atoms with Gasteiger partial charge in [-0.2, -0.15) is 0 Å². The molecule has 37 heavy (non-hydrogen) atoms. The Bertz CT molecular complexity index is 745. The summed E-state index contributed by atoms with van der Waals surface area (Å²) < 4.78 is 26.9. The zero-order valence-electron chi connectivity index (χ0n) is 19.7. The fourth-order valence-electron chi connectivity index (χ4n) is 4.46. The smallest absolute Gasteiger partial charge is 0.217 e. The molecule has 15 atom stereocenters. The van der Waals surface area contributed by atoms with Gasteiger partial charge in [0.1, 0.15) is 73.2 Å². The average molecular weight is 545 g/mol. The first kappa shape index (κ1) is 30.4. The molecule has 0 aromatic carbocycles. The summed E-state index contributed by atoms with van der Waals surface area (Å²) in [6.45, 7) is -1.23. The van der Waals surface area contributed by atoms with E-state index in [0.29, 0.717) is 0 Å². The molecule has 3 aliphatic rings. The van der Waals surface area contributed by atoms with Crippen LogP contribution >= 0.6 is 0 Å². The predicted molar refractivity (Wildman–Crippen MR) is 113 cm³/mol.